The van der Waals surface area contributed by atoms with Crippen LogP contribution in [0.5, 0.6) is 5.88 Å². The van der Waals surface area contributed by atoms with E-state index in [0.717, 1.165) is 12.8 Å². The molecule has 0 saturated carbocycles. The zero-order valence-electron chi connectivity index (χ0n) is 12.9. The second-order valence-electron chi connectivity index (χ2n) is 4.67. The van der Waals surface area contributed by atoms with E-state index in [1.165, 1.54) is 6.07 Å². The van der Waals surface area contributed by atoms with Crippen molar-refractivity contribution in [3.05, 3.63) is 21.3 Å². The zero-order chi connectivity index (χ0) is 18.2. The van der Waals surface area contributed by atoms with Crippen molar-refractivity contribution < 1.29 is 18.9 Å². The summed E-state index contributed by atoms with van der Waals surface area (Å²) in [6, 6.07) is 1.42. The summed E-state index contributed by atoms with van der Waals surface area (Å²) in [5.74, 6) is -0.743. The molecule has 136 valence electrons. The van der Waals surface area contributed by atoms with Gasteiger partial charge in [0.1, 0.15) is 5.02 Å². The van der Waals surface area contributed by atoms with Crippen LogP contribution in [-0.4, -0.2) is 29.2 Å². The molecule has 0 aliphatic carbocycles. The van der Waals surface area contributed by atoms with Crippen LogP contribution in [0.3, 0.4) is 0 Å². The molecule has 1 heterocycles. The van der Waals surface area contributed by atoms with E-state index in [9.17, 15) is 4.79 Å². The Hall–Kier alpha value is -0.140. The van der Waals surface area contributed by atoms with Crippen molar-refractivity contribution >= 4 is 59.2 Å². The van der Waals surface area contributed by atoms with E-state index in [0.29, 0.717) is 19.6 Å². The van der Waals surface area contributed by atoms with Crippen molar-refractivity contribution in [3.8, 4) is 5.88 Å². The lowest BCUT2D eigenvalue weighted by Crippen LogP contribution is -2.18. The van der Waals surface area contributed by atoms with Crippen LogP contribution in [0.4, 0.5) is 0 Å². The molecule has 1 atom stereocenters. The summed E-state index contributed by atoms with van der Waals surface area (Å²) < 4.78 is 11.2. The number of hydrogen-bond donors (Lipinski definition) is 2. The van der Waals surface area contributed by atoms with Crippen molar-refractivity contribution in [2.75, 3.05) is 13.2 Å². The number of unbranched alkanes of at least 4 members (excludes halogenated alkanes) is 2. The average molecular weight is 436 g/mol. The van der Waals surface area contributed by atoms with Gasteiger partial charge in [-0.15, -0.1) is 0 Å². The average Bonchev–Trinajstić information content (AvgIpc) is 2.48. The van der Waals surface area contributed by atoms with Gasteiger partial charge in [-0.3, -0.25) is 4.79 Å². The molecule has 0 aliphatic rings. The fourth-order valence-electron chi connectivity index (χ4n) is 1.67. The van der Waals surface area contributed by atoms with E-state index in [1.807, 2.05) is 0 Å². The Morgan fingerprint density at radius 2 is 2.04 bits per heavy atom. The topological polar surface area (TPSA) is 80.7 Å². The molecule has 1 unspecified atom stereocenters. The van der Waals surface area contributed by atoms with Gasteiger partial charge in [-0.2, -0.15) is 4.98 Å². The summed E-state index contributed by atoms with van der Waals surface area (Å²) >= 11 is 23.2. The first-order valence-electron chi connectivity index (χ1n) is 7.20. The number of nitrogens with one attached hydrogen (secondary N) is 1. The fraction of sp³-hybridized carbons (Fsp3) is 0.538. The van der Waals surface area contributed by atoms with Gasteiger partial charge in [0, 0.05) is 13.0 Å². The van der Waals surface area contributed by atoms with Crippen molar-refractivity contribution in [1.82, 2.24) is 10.1 Å². The Morgan fingerprint density at radius 3 is 2.67 bits per heavy atom. The molecule has 0 radical (unpaired) electrons. The van der Waals surface area contributed by atoms with Crippen LogP contribution in [0.15, 0.2) is 6.07 Å². The smallest absolute Gasteiger partial charge is 0.314 e. The van der Waals surface area contributed by atoms with Gasteiger partial charge in [0.05, 0.1) is 11.6 Å². The molecule has 2 N–H and O–H groups in total. The molecular weight excluding hydrogens is 418 g/mol. The molecule has 0 saturated heterocycles. The van der Waals surface area contributed by atoms with Gasteiger partial charge in [-0.05, 0) is 37.6 Å². The molecule has 0 amide bonds. The normalized spacial score (nSPS) is 13.5. The van der Waals surface area contributed by atoms with Gasteiger partial charge >= 0.3 is 12.6 Å². The molecule has 0 aromatic carbocycles. The van der Waals surface area contributed by atoms with Crippen molar-refractivity contribution in [2.24, 2.45) is 0 Å². The highest BCUT2D eigenvalue weighted by Crippen LogP contribution is 2.46. The Kier molecular flexibility index (Phi) is 9.82. The van der Waals surface area contributed by atoms with Crippen molar-refractivity contribution in [2.45, 2.75) is 32.6 Å². The molecule has 0 aliphatic heterocycles. The third kappa shape index (κ3) is 7.83. The number of halogens is 3. The monoisotopic (exact) mass is 434 g/mol. The van der Waals surface area contributed by atoms with Gasteiger partial charge in [0.2, 0.25) is 5.88 Å². The molecule has 24 heavy (non-hydrogen) atoms. The van der Waals surface area contributed by atoms with Gasteiger partial charge in [-0.25, -0.2) is 5.09 Å². The highest BCUT2D eigenvalue weighted by molar-refractivity contribution is 8.09. The summed E-state index contributed by atoms with van der Waals surface area (Å²) in [6.45, 7) is -0.185. The van der Waals surface area contributed by atoms with Crippen LogP contribution in [0.1, 0.15) is 32.6 Å². The molecule has 0 bridgehead atoms. The van der Waals surface area contributed by atoms with Crippen LogP contribution < -0.4 is 9.61 Å². The quantitative estimate of drug-likeness (QED) is 0.290. The summed E-state index contributed by atoms with van der Waals surface area (Å²) in [6.07, 6.45) is 2.26. The van der Waals surface area contributed by atoms with E-state index in [2.05, 4.69) is 10.1 Å². The maximum atomic E-state index is 10.5. The number of rotatable bonds is 11. The zero-order valence-corrected chi connectivity index (χ0v) is 16.9. The lowest BCUT2D eigenvalue weighted by molar-refractivity contribution is -0.137. The largest absolute Gasteiger partial charge is 0.481 e. The fourth-order valence-corrected chi connectivity index (χ4v) is 4.41. The second kappa shape index (κ2) is 10.8. The maximum absolute atomic E-state index is 10.5. The minimum absolute atomic E-state index is 0.0567. The molecule has 6 nitrogen and oxygen atoms in total. The van der Waals surface area contributed by atoms with E-state index < -0.39 is 12.6 Å². The summed E-state index contributed by atoms with van der Waals surface area (Å²) in [7, 11) is 0. The lowest BCUT2D eigenvalue weighted by atomic mass is 10.2. The number of carboxylic acid groups (broad SMARTS) is 1. The number of aromatic nitrogens is 1. The van der Waals surface area contributed by atoms with Gasteiger partial charge in [-0.1, -0.05) is 41.2 Å². The van der Waals surface area contributed by atoms with Crippen LogP contribution in [0, 0.1) is 0 Å². The minimum atomic E-state index is -2.85. The van der Waals surface area contributed by atoms with Crippen molar-refractivity contribution in [3.63, 3.8) is 0 Å². The first-order chi connectivity index (χ1) is 11.3. The van der Waals surface area contributed by atoms with E-state index in [-0.39, 0.29) is 27.5 Å². The molecule has 11 heteroatoms. The summed E-state index contributed by atoms with van der Waals surface area (Å²) in [5.41, 5.74) is 0. The first kappa shape index (κ1) is 21.9. The predicted octanol–water partition coefficient (Wildman–Crippen LogP) is 4.92. The molecule has 1 rings (SSSR count). The number of carbonyl (C=O) groups is 1. The molecule has 0 fully saturated rings. The molecular formula is C13H18Cl3N2O4PS. The Morgan fingerprint density at radius 1 is 1.33 bits per heavy atom. The lowest BCUT2D eigenvalue weighted by Gasteiger charge is -2.23. The van der Waals surface area contributed by atoms with E-state index >= 15 is 0 Å². The Balaban J connectivity index is 2.63. The highest BCUT2D eigenvalue weighted by Gasteiger charge is 2.22. The van der Waals surface area contributed by atoms with Gasteiger partial charge in [0.25, 0.3) is 0 Å². The van der Waals surface area contributed by atoms with E-state index in [1.54, 1.807) is 6.92 Å². The second-order valence-corrected chi connectivity index (χ2v) is 9.03. The minimum Gasteiger partial charge on any atom is -0.481 e. The Bertz CT molecular complexity index is 621. The summed E-state index contributed by atoms with van der Waals surface area (Å²) in [5, 5.41) is 12.1. The summed E-state index contributed by atoms with van der Waals surface area (Å²) in [4.78, 5) is 14.4. The maximum Gasteiger partial charge on any atom is 0.314 e. The SMILES string of the molecule is CCOP(=S)(NCCCCCC(=O)O)Oc1nc(Cl)c(Cl)cc1Cl. The van der Waals surface area contributed by atoms with Crippen molar-refractivity contribution in [1.29, 1.82) is 0 Å². The van der Waals surface area contributed by atoms with Gasteiger partial charge < -0.3 is 14.2 Å². The number of aliphatic carboxylic acids is 1. The Labute approximate surface area is 161 Å². The van der Waals surface area contributed by atoms with Crippen LogP contribution in [0.2, 0.25) is 15.2 Å². The van der Waals surface area contributed by atoms with E-state index in [4.69, 9.17) is 60.8 Å². The highest BCUT2D eigenvalue weighted by atomic mass is 35.5. The number of pyridine rings is 1. The number of hydrogen-bond acceptors (Lipinski definition) is 5. The molecule has 0 spiro atoms. The van der Waals surface area contributed by atoms with Gasteiger partial charge in [0.15, 0.2) is 5.15 Å². The third-order valence-corrected chi connectivity index (χ3v) is 6.23. The van der Waals surface area contributed by atoms with Crippen LogP contribution in [0.25, 0.3) is 0 Å². The molecule has 1 aromatic rings. The van der Waals surface area contributed by atoms with Crippen LogP contribution in [-0.2, 0) is 21.1 Å². The number of nitrogens with zero attached hydrogens (tertiary/aromatic N) is 1. The number of carboxylic acids is 1. The standard InChI is InChI=1S/C13H18Cl3N2O4PS/c1-2-21-23(24,17-7-5-3-4-6-11(19)20)22-13-10(15)8-9(14)12(16)18-13/h8H,2-7H2,1H3,(H,17,24)(H,19,20). The predicted molar refractivity (Wildman–Crippen MR) is 99.9 cm³/mol. The third-order valence-electron chi connectivity index (χ3n) is 2.73. The molecule has 1 aromatic heterocycles. The van der Waals surface area contributed by atoms with Crippen LogP contribution >= 0.6 is 41.4 Å². The first-order valence-corrected chi connectivity index (χ1v) is 11.0.